The van der Waals surface area contributed by atoms with Crippen LogP contribution in [0.3, 0.4) is 0 Å². The lowest BCUT2D eigenvalue weighted by Gasteiger charge is -2.40. The number of piperidine rings is 1. The van der Waals surface area contributed by atoms with Crippen LogP contribution in [0.1, 0.15) is 66.7 Å². The van der Waals surface area contributed by atoms with E-state index in [1.807, 2.05) is 6.20 Å². The van der Waals surface area contributed by atoms with E-state index in [0.717, 1.165) is 43.8 Å². The number of ketones is 1. The number of hydrogen-bond acceptors (Lipinski definition) is 5. The van der Waals surface area contributed by atoms with Gasteiger partial charge in [0.1, 0.15) is 0 Å². The minimum atomic E-state index is -4.51. The second-order valence-electron chi connectivity index (χ2n) is 11.5. The van der Waals surface area contributed by atoms with Gasteiger partial charge in [-0.2, -0.15) is 13.2 Å². The van der Waals surface area contributed by atoms with Crippen LogP contribution in [-0.2, 0) is 6.18 Å². The molecule has 1 saturated heterocycles. The number of alkyl halides is 3. The van der Waals surface area contributed by atoms with Gasteiger partial charge in [-0.3, -0.25) is 14.7 Å². The Hall–Kier alpha value is -4.31. The fourth-order valence-corrected chi connectivity index (χ4v) is 5.15. The molecule has 5 rings (SSSR count). The zero-order valence-corrected chi connectivity index (χ0v) is 23.6. The molecule has 2 N–H and O–H groups in total. The van der Waals surface area contributed by atoms with Gasteiger partial charge in [0, 0.05) is 40.2 Å². The average molecular weight is 576 g/mol. The van der Waals surface area contributed by atoms with Crippen molar-refractivity contribution in [2.75, 3.05) is 23.7 Å². The number of urea groups is 1. The zero-order chi connectivity index (χ0) is 30.1. The van der Waals surface area contributed by atoms with Crippen LogP contribution in [0.2, 0.25) is 0 Å². The summed E-state index contributed by atoms with van der Waals surface area (Å²) in [6.07, 6.45) is -0.653. The van der Waals surface area contributed by atoms with Gasteiger partial charge in [-0.1, -0.05) is 6.07 Å². The number of anilines is 2. The van der Waals surface area contributed by atoms with Gasteiger partial charge in [0.05, 0.1) is 22.3 Å². The third-order valence-electron chi connectivity index (χ3n) is 7.54. The monoisotopic (exact) mass is 575 g/mol. The molecule has 0 radical (unpaired) electrons. The summed E-state index contributed by atoms with van der Waals surface area (Å²) in [6, 6.07) is 15.2. The first kappa shape index (κ1) is 29.2. The molecule has 10 heteroatoms. The van der Waals surface area contributed by atoms with Gasteiger partial charge in [0.2, 0.25) is 0 Å². The predicted octanol–water partition coefficient (Wildman–Crippen LogP) is 7.50. The van der Waals surface area contributed by atoms with Crippen LogP contribution in [0.4, 0.5) is 29.3 Å². The number of likely N-dealkylation sites (tertiary alicyclic amines) is 1. The highest BCUT2D eigenvalue weighted by atomic mass is 19.4. The highest BCUT2D eigenvalue weighted by molar-refractivity contribution is 6.10. The Morgan fingerprint density at radius 3 is 2.17 bits per heavy atom. The second-order valence-corrected chi connectivity index (χ2v) is 11.5. The predicted molar refractivity (Wildman–Crippen MR) is 157 cm³/mol. The smallest absolute Gasteiger partial charge is 0.308 e. The number of amides is 2. The Labute approximate surface area is 242 Å². The van der Waals surface area contributed by atoms with Crippen molar-refractivity contribution in [2.45, 2.75) is 51.2 Å². The van der Waals surface area contributed by atoms with Crippen molar-refractivity contribution in [2.24, 2.45) is 0 Å². The lowest BCUT2D eigenvalue weighted by Crippen LogP contribution is -2.45. The fourth-order valence-electron chi connectivity index (χ4n) is 5.15. The number of carbonyl (C=O) groups is 2. The summed E-state index contributed by atoms with van der Waals surface area (Å²) < 4.78 is 38.8. The van der Waals surface area contributed by atoms with Gasteiger partial charge in [-0.05, 0) is 107 Å². The molecule has 4 aromatic rings. The van der Waals surface area contributed by atoms with Crippen LogP contribution < -0.4 is 10.6 Å². The molecule has 1 aliphatic heterocycles. The molecule has 1 aliphatic rings. The number of nitrogens with zero attached hydrogens (tertiary/aromatic N) is 3. The van der Waals surface area contributed by atoms with Gasteiger partial charge in [-0.15, -0.1) is 0 Å². The summed E-state index contributed by atoms with van der Waals surface area (Å²) in [4.78, 5) is 37.5. The van der Waals surface area contributed by atoms with Crippen molar-refractivity contribution in [3.05, 3.63) is 95.3 Å². The first-order valence-electron chi connectivity index (χ1n) is 13.8. The minimum Gasteiger partial charge on any atom is -0.308 e. The molecular formula is C32H32F3N5O2. The van der Waals surface area contributed by atoms with Crippen molar-refractivity contribution in [1.82, 2.24) is 14.9 Å². The third-order valence-corrected chi connectivity index (χ3v) is 7.54. The average Bonchev–Trinajstić information content (AvgIpc) is 2.96. The topological polar surface area (TPSA) is 87.2 Å². The number of carbonyl (C=O) groups excluding carboxylic acids is 2. The first-order chi connectivity index (χ1) is 19.9. The molecule has 2 heterocycles. The van der Waals surface area contributed by atoms with E-state index in [2.05, 4.69) is 41.3 Å². The maximum Gasteiger partial charge on any atom is 0.416 e. The Morgan fingerprint density at radius 1 is 0.833 bits per heavy atom. The van der Waals surface area contributed by atoms with Crippen LogP contribution in [0, 0.1) is 0 Å². The quantitative estimate of drug-likeness (QED) is 0.241. The van der Waals surface area contributed by atoms with E-state index in [1.165, 1.54) is 12.1 Å². The van der Waals surface area contributed by atoms with E-state index in [1.54, 1.807) is 42.5 Å². The number of hydrogen-bond donors (Lipinski definition) is 2. The molecule has 0 unspecified atom stereocenters. The Balaban J connectivity index is 1.24. The normalized spacial score (nSPS) is 15.0. The van der Waals surface area contributed by atoms with E-state index in [0.29, 0.717) is 33.8 Å². The lowest BCUT2D eigenvalue weighted by molar-refractivity contribution is -0.137. The number of nitrogens with one attached hydrogen (secondary N) is 2. The standard InChI is InChI=1S/C32H32F3N5O2/c1-31(2,3)40-15-13-20(14-16-40)28-19-36-26-12-9-22(17-27(26)39-28)29(41)21-7-10-24(11-8-21)37-30(42)38-25-6-4-5-23(18-25)32(33,34)35/h4-12,17-20H,13-16H2,1-3H3,(H2,37,38,42). The molecule has 0 aliphatic carbocycles. The molecule has 0 spiro atoms. The van der Waals surface area contributed by atoms with E-state index in [9.17, 15) is 22.8 Å². The molecule has 0 saturated carbocycles. The fraction of sp³-hybridized carbons (Fsp3) is 0.312. The molecule has 218 valence electrons. The molecule has 1 aromatic heterocycles. The Morgan fingerprint density at radius 2 is 1.50 bits per heavy atom. The van der Waals surface area contributed by atoms with Crippen molar-refractivity contribution >= 4 is 34.2 Å². The molecule has 7 nitrogen and oxygen atoms in total. The van der Waals surface area contributed by atoms with E-state index in [-0.39, 0.29) is 17.0 Å². The van der Waals surface area contributed by atoms with E-state index in [4.69, 9.17) is 4.98 Å². The zero-order valence-electron chi connectivity index (χ0n) is 23.6. The van der Waals surface area contributed by atoms with Crippen molar-refractivity contribution in [3.63, 3.8) is 0 Å². The second kappa shape index (κ2) is 11.5. The van der Waals surface area contributed by atoms with Crippen molar-refractivity contribution in [3.8, 4) is 0 Å². The van der Waals surface area contributed by atoms with E-state index < -0.39 is 17.8 Å². The molecule has 1 fully saturated rings. The maximum atomic E-state index is 13.2. The van der Waals surface area contributed by atoms with Crippen LogP contribution in [0.15, 0.2) is 72.9 Å². The highest BCUT2D eigenvalue weighted by Gasteiger charge is 2.31. The van der Waals surface area contributed by atoms with Crippen molar-refractivity contribution < 1.29 is 22.8 Å². The SMILES string of the molecule is CC(C)(C)N1CCC(c2cnc3ccc(C(=O)c4ccc(NC(=O)Nc5cccc(C(F)(F)F)c5)cc4)cc3n2)CC1. The van der Waals surface area contributed by atoms with Gasteiger partial charge >= 0.3 is 12.2 Å². The number of halogens is 3. The summed E-state index contributed by atoms with van der Waals surface area (Å²) in [6.45, 7) is 8.70. The number of rotatable bonds is 5. The summed E-state index contributed by atoms with van der Waals surface area (Å²) >= 11 is 0. The van der Waals surface area contributed by atoms with E-state index >= 15 is 0 Å². The molecular weight excluding hydrogens is 543 g/mol. The number of fused-ring (bicyclic) bond motifs is 1. The lowest BCUT2D eigenvalue weighted by atomic mass is 9.91. The molecule has 42 heavy (non-hydrogen) atoms. The number of aromatic nitrogens is 2. The minimum absolute atomic E-state index is 0.00653. The van der Waals surface area contributed by atoms with Gasteiger partial charge in [0.15, 0.2) is 5.78 Å². The Kier molecular flexibility index (Phi) is 8.01. The van der Waals surface area contributed by atoms with Crippen LogP contribution in [-0.4, -0.2) is 45.3 Å². The summed E-state index contributed by atoms with van der Waals surface area (Å²) in [5.41, 5.74) is 2.88. The molecule has 0 atom stereocenters. The summed E-state index contributed by atoms with van der Waals surface area (Å²) in [5.74, 6) is 0.119. The molecule has 2 amide bonds. The largest absolute Gasteiger partial charge is 0.416 e. The number of benzene rings is 3. The van der Waals surface area contributed by atoms with Gasteiger partial charge in [0.25, 0.3) is 0 Å². The maximum absolute atomic E-state index is 13.2. The Bertz CT molecular complexity index is 1610. The highest BCUT2D eigenvalue weighted by Crippen LogP contribution is 2.32. The first-order valence-corrected chi connectivity index (χ1v) is 13.8. The van der Waals surface area contributed by atoms with Crippen molar-refractivity contribution in [1.29, 1.82) is 0 Å². The summed E-state index contributed by atoms with van der Waals surface area (Å²) in [7, 11) is 0. The van der Waals surface area contributed by atoms with Gasteiger partial charge in [-0.25, -0.2) is 9.78 Å². The van der Waals surface area contributed by atoms with Gasteiger partial charge < -0.3 is 10.6 Å². The molecule has 3 aromatic carbocycles. The third kappa shape index (κ3) is 6.76. The van der Waals surface area contributed by atoms with Crippen LogP contribution in [0.5, 0.6) is 0 Å². The molecule has 0 bridgehead atoms. The van der Waals surface area contributed by atoms with Crippen LogP contribution in [0.25, 0.3) is 11.0 Å². The van der Waals surface area contributed by atoms with Crippen LogP contribution >= 0.6 is 0 Å². The summed E-state index contributed by atoms with van der Waals surface area (Å²) in [5, 5.41) is 4.95.